The molecule has 3 heteroatoms. The lowest BCUT2D eigenvalue weighted by Gasteiger charge is -2.18. The Kier molecular flexibility index (Phi) is 1.87. The molecule has 0 saturated carbocycles. The lowest BCUT2D eigenvalue weighted by atomic mass is 10.0. The molecule has 3 nitrogen and oxygen atoms in total. The molecule has 0 radical (unpaired) electrons. The van der Waals surface area contributed by atoms with Crippen LogP contribution in [0.5, 0.6) is 5.75 Å². The third-order valence-corrected chi connectivity index (χ3v) is 3.52. The highest BCUT2D eigenvalue weighted by atomic mass is 16.8. The Bertz CT molecular complexity index is 633. The van der Waals surface area contributed by atoms with E-state index in [1.807, 2.05) is 32.0 Å². The van der Waals surface area contributed by atoms with E-state index in [0.717, 1.165) is 11.3 Å². The molecular weight excluding hydrogens is 228 g/mol. The van der Waals surface area contributed by atoms with Gasteiger partial charge in [-0.3, -0.25) is 0 Å². The van der Waals surface area contributed by atoms with Gasteiger partial charge in [0.15, 0.2) is 11.9 Å². The lowest BCUT2D eigenvalue weighted by molar-refractivity contribution is -0.171. The molecule has 0 spiro atoms. The van der Waals surface area contributed by atoms with Gasteiger partial charge in [-0.1, -0.05) is 30.3 Å². The van der Waals surface area contributed by atoms with Gasteiger partial charge < -0.3 is 14.2 Å². The molecule has 2 atom stereocenters. The molecule has 2 heterocycles. The van der Waals surface area contributed by atoms with Crippen molar-refractivity contribution in [3.63, 3.8) is 0 Å². The molecule has 2 aromatic carbocycles. The smallest absolute Gasteiger partial charge is 0.233 e. The Morgan fingerprint density at radius 1 is 1.00 bits per heavy atom. The van der Waals surface area contributed by atoms with E-state index in [2.05, 4.69) is 18.2 Å². The van der Waals surface area contributed by atoms with Crippen LogP contribution in [0.25, 0.3) is 10.8 Å². The van der Waals surface area contributed by atoms with Crippen LogP contribution in [0.4, 0.5) is 0 Å². The molecule has 2 aliphatic rings. The van der Waals surface area contributed by atoms with E-state index in [1.54, 1.807) is 0 Å². The lowest BCUT2D eigenvalue weighted by Crippen LogP contribution is -2.23. The first kappa shape index (κ1) is 10.4. The minimum atomic E-state index is -0.579. The fraction of sp³-hybridized carbons (Fsp3) is 0.333. The zero-order valence-electron chi connectivity index (χ0n) is 10.3. The van der Waals surface area contributed by atoms with Crippen molar-refractivity contribution in [3.05, 3.63) is 42.0 Å². The summed E-state index contributed by atoms with van der Waals surface area (Å²) in [5, 5.41) is 2.39. The minimum absolute atomic E-state index is 0.124. The summed E-state index contributed by atoms with van der Waals surface area (Å²) < 4.78 is 17.5. The molecule has 1 saturated heterocycles. The normalized spacial score (nSPS) is 27.9. The molecule has 0 aliphatic carbocycles. The Morgan fingerprint density at radius 2 is 1.83 bits per heavy atom. The summed E-state index contributed by atoms with van der Waals surface area (Å²) in [5.41, 5.74) is 1.11. The SMILES string of the molecule is CC1(C)O[C@H]2Oc3ccc4ccccc4c3[C@H]2O1. The Hall–Kier alpha value is -1.58. The van der Waals surface area contributed by atoms with E-state index in [9.17, 15) is 0 Å². The van der Waals surface area contributed by atoms with Crippen molar-refractivity contribution in [1.82, 2.24) is 0 Å². The van der Waals surface area contributed by atoms with Crippen LogP contribution in [0.3, 0.4) is 0 Å². The number of fused-ring (bicyclic) bond motifs is 5. The van der Waals surface area contributed by atoms with E-state index in [1.165, 1.54) is 10.8 Å². The summed E-state index contributed by atoms with van der Waals surface area (Å²) in [7, 11) is 0. The maximum Gasteiger partial charge on any atom is 0.233 e. The van der Waals surface area contributed by atoms with Gasteiger partial charge in [0.25, 0.3) is 0 Å². The first-order valence-electron chi connectivity index (χ1n) is 6.18. The molecule has 0 N–H and O–H groups in total. The van der Waals surface area contributed by atoms with Crippen molar-refractivity contribution >= 4 is 10.8 Å². The standard InChI is InChI=1S/C15H14O3/c1-15(2)17-13-12-10-6-4-3-5-9(10)7-8-11(12)16-14(13)18-15/h3-8,13-14H,1-2H3/t13-,14-/m1/s1. The maximum atomic E-state index is 5.96. The molecule has 2 aromatic rings. The molecule has 4 rings (SSSR count). The van der Waals surface area contributed by atoms with Crippen molar-refractivity contribution in [3.8, 4) is 5.75 Å². The number of hydrogen-bond donors (Lipinski definition) is 0. The van der Waals surface area contributed by atoms with Gasteiger partial charge >= 0.3 is 0 Å². The van der Waals surface area contributed by atoms with Gasteiger partial charge in [-0.05, 0) is 30.7 Å². The summed E-state index contributed by atoms with van der Waals surface area (Å²) in [4.78, 5) is 0. The molecule has 0 bridgehead atoms. The van der Waals surface area contributed by atoms with Gasteiger partial charge in [0.05, 0.1) is 0 Å². The van der Waals surface area contributed by atoms with E-state index >= 15 is 0 Å². The molecular formula is C15H14O3. The first-order chi connectivity index (χ1) is 8.64. The van der Waals surface area contributed by atoms with Crippen LogP contribution in [0.15, 0.2) is 36.4 Å². The molecule has 2 aliphatic heterocycles. The average molecular weight is 242 g/mol. The summed E-state index contributed by atoms with van der Waals surface area (Å²) >= 11 is 0. The molecule has 1 fully saturated rings. The van der Waals surface area contributed by atoms with Crippen molar-refractivity contribution in [1.29, 1.82) is 0 Å². The van der Waals surface area contributed by atoms with E-state index < -0.39 is 5.79 Å². The molecule has 0 aromatic heterocycles. The number of benzene rings is 2. The second-order valence-electron chi connectivity index (χ2n) is 5.24. The number of hydrogen-bond acceptors (Lipinski definition) is 3. The first-order valence-corrected chi connectivity index (χ1v) is 6.18. The molecule has 0 unspecified atom stereocenters. The van der Waals surface area contributed by atoms with Crippen LogP contribution in [0.1, 0.15) is 25.5 Å². The zero-order chi connectivity index (χ0) is 12.3. The van der Waals surface area contributed by atoms with Crippen molar-refractivity contribution in [2.75, 3.05) is 0 Å². The average Bonchev–Trinajstić information content (AvgIpc) is 2.80. The Morgan fingerprint density at radius 3 is 2.72 bits per heavy atom. The van der Waals surface area contributed by atoms with E-state index in [-0.39, 0.29) is 12.4 Å². The largest absolute Gasteiger partial charge is 0.461 e. The van der Waals surface area contributed by atoms with Gasteiger partial charge in [0.2, 0.25) is 6.29 Å². The second kappa shape index (κ2) is 3.25. The third-order valence-electron chi connectivity index (χ3n) is 3.52. The topological polar surface area (TPSA) is 27.7 Å². The molecule has 18 heavy (non-hydrogen) atoms. The van der Waals surface area contributed by atoms with Crippen LogP contribution < -0.4 is 4.74 Å². The van der Waals surface area contributed by atoms with Crippen LogP contribution >= 0.6 is 0 Å². The predicted octanol–water partition coefficient (Wildman–Crippen LogP) is 3.38. The maximum absolute atomic E-state index is 5.96. The zero-order valence-corrected chi connectivity index (χ0v) is 10.3. The quantitative estimate of drug-likeness (QED) is 0.708. The molecule has 92 valence electrons. The van der Waals surface area contributed by atoms with Gasteiger partial charge in [-0.15, -0.1) is 0 Å². The minimum Gasteiger partial charge on any atom is -0.461 e. The van der Waals surface area contributed by atoms with Crippen molar-refractivity contribution < 1.29 is 14.2 Å². The van der Waals surface area contributed by atoms with E-state index in [4.69, 9.17) is 14.2 Å². The summed E-state index contributed by atoms with van der Waals surface area (Å²) in [6.07, 6.45) is -0.443. The summed E-state index contributed by atoms with van der Waals surface area (Å²) in [5.74, 6) is 0.295. The van der Waals surface area contributed by atoms with Crippen LogP contribution in [0, 0.1) is 0 Å². The van der Waals surface area contributed by atoms with Crippen molar-refractivity contribution in [2.45, 2.75) is 32.0 Å². The molecule has 0 amide bonds. The number of rotatable bonds is 0. The van der Waals surface area contributed by atoms with Crippen LogP contribution in [-0.4, -0.2) is 12.1 Å². The fourth-order valence-corrected chi connectivity index (χ4v) is 2.81. The highest BCUT2D eigenvalue weighted by Gasteiger charge is 2.49. The highest BCUT2D eigenvalue weighted by Crippen LogP contribution is 2.49. The summed E-state index contributed by atoms with van der Waals surface area (Å²) in [6.45, 7) is 3.83. The second-order valence-corrected chi connectivity index (χ2v) is 5.24. The van der Waals surface area contributed by atoms with Crippen LogP contribution in [0.2, 0.25) is 0 Å². The van der Waals surface area contributed by atoms with Gasteiger partial charge in [0, 0.05) is 5.56 Å². The van der Waals surface area contributed by atoms with E-state index in [0.29, 0.717) is 0 Å². The van der Waals surface area contributed by atoms with Gasteiger partial charge in [0.1, 0.15) is 5.75 Å². The monoisotopic (exact) mass is 242 g/mol. The van der Waals surface area contributed by atoms with Crippen molar-refractivity contribution in [2.24, 2.45) is 0 Å². The van der Waals surface area contributed by atoms with Crippen LogP contribution in [-0.2, 0) is 9.47 Å². The van der Waals surface area contributed by atoms with Gasteiger partial charge in [-0.25, -0.2) is 0 Å². The highest BCUT2D eigenvalue weighted by molar-refractivity contribution is 5.88. The Labute approximate surface area is 105 Å². The Balaban J connectivity index is 1.93. The number of ether oxygens (including phenoxy) is 3. The van der Waals surface area contributed by atoms with Gasteiger partial charge in [-0.2, -0.15) is 0 Å². The summed E-state index contributed by atoms with van der Waals surface area (Å²) in [6, 6.07) is 12.4. The third kappa shape index (κ3) is 1.32. The fourth-order valence-electron chi connectivity index (χ4n) is 2.81. The predicted molar refractivity (Wildman–Crippen MR) is 67.4 cm³/mol.